The van der Waals surface area contributed by atoms with Crippen LogP contribution in [0, 0.1) is 0 Å². The number of rotatable bonds is 2. The Hall–Kier alpha value is -2.93. The van der Waals surface area contributed by atoms with Crippen molar-refractivity contribution in [3.05, 3.63) is 76.6 Å². The molecule has 0 atom stereocenters. The van der Waals surface area contributed by atoms with Crippen LogP contribution in [0.4, 0.5) is 13.2 Å². The SMILES string of the molecule is CCn1c(=NC(=O)c2cccc(C(F)(F)F)c2)sc2c3ccccc3ccc21. The minimum Gasteiger partial charge on any atom is -0.317 e. The molecule has 0 saturated heterocycles. The number of fused-ring (bicyclic) bond motifs is 3. The van der Waals surface area contributed by atoms with Crippen LogP contribution in [0.5, 0.6) is 0 Å². The first-order valence-electron chi connectivity index (χ1n) is 8.66. The number of aryl methyl sites for hydroxylation is 1. The van der Waals surface area contributed by atoms with Gasteiger partial charge >= 0.3 is 6.18 Å². The summed E-state index contributed by atoms with van der Waals surface area (Å²) in [5.41, 5.74) is 0.000775. The summed E-state index contributed by atoms with van der Waals surface area (Å²) in [5.74, 6) is -0.691. The van der Waals surface area contributed by atoms with Gasteiger partial charge in [-0.3, -0.25) is 4.79 Å². The Labute approximate surface area is 162 Å². The van der Waals surface area contributed by atoms with Crippen molar-refractivity contribution in [1.29, 1.82) is 0 Å². The van der Waals surface area contributed by atoms with E-state index < -0.39 is 17.6 Å². The van der Waals surface area contributed by atoms with Crippen LogP contribution < -0.4 is 4.80 Å². The van der Waals surface area contributed by atoms with Crippen LogP contribution in [0.2, 0.25) is 0 Å². The molecule has 0 aliphatic rings. The van der Waals surface area contributed by atoms with Crippen LogP contribution in [0.1, 0.15) is 22.8 Å². The molecule has 0 fully saturated rings. The second kappa shape index (κ2) is 6.91. The maximum absolute atomic E-state index is 12.9. The van der Waals surface area contributed by atoms with Crippen molar-refractivity contribution in [1.82, 2.24) is 4.57 Å². The summed E-state index contributed by atoms with van der Waals surface area (Å²) in [6, 6.07) is 16.3. The zero-order valence-electron chi connectivity index (χ0n) is 14.8. The Balaban J connectivity index is 1.88. The lowest BCUT2D eigenvalue weighted by molar-refractivity contribution is -0.137. The van der Waals surface area contributed by atoms with Crippen LogP contribution in [-0.4, -0.2) is 10.5 Å². The van der Waals surface area contributed by atoms with Crippen molar-refractivity contribution < 1.29 is 18.0 Å². The number of nitrogens with zero attached hydrogens (tertiary/aromatic N) is 2. The zero-order chi connectivity index (χ0) is 19.9. The molecule has 3 nitrogen and oxygen atoms in total. The van der Waals surface area contributed by atoms with E-state index >= 15 is 0 Å². The molecular formula is C21H15F3N2OS. The van der Waals surface area contributed by atoms with E-state index in [1.165, 1.54) is 23.5 Å². The van der Waals surface area contributed by atoms with E-state index in [0.717, 1.165) is 33.1 Å². The van der Waals surface area contributed by atoms with Crippen molar-refractivity contribution in [3.8, 4) is 0 Å². The van der Waals surface area contributed by atoms with Crippen molar-refractivity contribution >= 4 is 38.2 Å². The van der Waals surface area contributed by atoms with Gasteiger partial charge in [0.25, 0.3) is 5.91 Å². The van der Waals surface area contributed by atoms with Gasteiger partial charge in [0.15, 0.2) is 4.80 Å². The second-order valence-electron chi connectivity index (χ2n) is 6.26. The summed E-state index contributed by atoms with van der Waals surface area (Å²) in [4.78, 5) is 17.2. The fourth-order valence-corrected chi connectivity index (χ4v) is 4.40. The monoisotopic (exact) mass is 400 g/mol. The summed E-state index contributed by atoms with van der Waals surface area (Å²) in [5, 5.41) is 2.13. The highest BCUT2D eigenvalue weighted by Gasteiger charge is 2.30. The number of carbonyl (C=O) groups excluding carboxylic acids is 1. The Morgan fingerprint density at radius 3 is 2.61 bits per heavy atom. The molecule has 142 valence electrons. The van der Waals surface area contributed by atoms with Gasteiger partial charge in [0.05, 0.1) is 15.8 Å². The van der Waals surface area contributed by atoms with Gasteiger partial charge in [0.2, 0.25) is 0 Å². The predicted octanol–water partition coefficient (Wildman–Crippen LogP) is 5.64. The molecule has 0 bridgehead atoms. The first-order valence-corrected chi connectivity index (χ1v) is 9.47. The van der Waals surface area contributed by atoms with Crippen molar-refractivity contribution in [3.63, 3.8) is 0 Å². The van der Waals surface area contributed by atoms with Gasteiger partial charge in [0, 0.05) is 17.5 Å². The lowest BCUT2D eigenvalue weighted by Crippen LogP contribution is -2.16. The summed E-state index contributed by atoms with van der Waals surface area (Å²) >= 11 is 1.36. The van der Waals surface area contributed by atoms with Gasteiger partial charge in [-0.25, -0.2) is 0 Å². The Bertz CT molecular complexity index is 1270. The highest BCUT2D eigenvalue weighted by Crippen LogP contribution is 2.30. The molecule has 0 N–H and O–H groups in total. The summed E-state index contributed by atoms with van der Waals surface area (Å²) in [6.07, 6.45) is -4.50. The molecule has 0 unspecified atom stereocenters. The molecule has 1 amide bonds. The number of carbonyl (C=O) groups is 1. The van der Waals surface area contributed by atoms with E-state index in [2.05, 4.69) is 4.99 Å². The molecule has 28 heavy (non-hydrogen) atoms. The zero-order valence-corrected chi connectivity index (χ0v) is 15.6. The first-order chi connectivity index (χ1) is 13.4. The molecule has 0 spiro atoms. The standard InChI is InChI=1S/C21H15F3N2OS/c1-2-26-17-11-10-13-6-3-4-9-16(13)18(17)28-20(26)25-19(27)14-7-5-8-15(12-14)21(22,23)24/h3-12H,2H2,1H3. The molecule has 1 aromatic heterocycles. The van der Waals surface area contributed by atoms with Crippen molar-refractivity contribution in [2.24, 2.45) is 4.99 Å². The molecule has 4 rings (SSSR count). The Morgan fingerprint density at radius 1 is 1.07 bits per heavy atom. The van der Waals surface area contributed by atoms with Crippen LogP contribution in [0.25, 0.3) is 21.0 Å². The number of aromatic nitrogens is 1. The van der Waals surface area contributed by atoms with Crippen LogP contribution in [-0.2, 0) is 12.7 Å². The third-order valence-corrected chi connectivity index (χ3v) is 5.65. The van der Waals surface area contributed by atoms with Crippen molar-refractivity contribution in [2.45, 2.75) is 19.6 Å². The highest BCUT2D eigenvalue weighted by atomic mass is 32.1. The largest absolute Gasteiger partial charge is 0.416 e. The second-order valence-corrected chi connectivity index (χ2v) is 7.24. The van der Waals surface area contributed by atoms with Crippen LogP contribution >= 0.6 is 11.3 Å². The minimum atomic E-state index is -4.50. The molecule has 4 aromatic rings. The summed E-state index contributed by atoms with van der Waals surface area (Å²) in [7, 11) is 0. The average Bonchev–Trinajstić information content (AvgIpc) is 3.04. The summed E-state index contributed by atoms with van der Waals surface area (Å²) < 4.78 is 41.7. The first kappa shape index (κ1) is 18.4. The van der Waals surface area contributed by atoms with Crippen LogP contribution in [0.15, 0.2) is 65.7 Å². The summed E-state index contributed by atoms with van der Waals surface area (Å²) in [6.45, 7) is 2.53. The maximum Gasteiger partial charge on any atom is 0.416 e. The van der Waals surface area contributed by atoms with Crippen LogP contribution in [0.3, 0.4) is 0 Å². The molecule has 1 heterocycles. The minimum absolute atomic E-state index is 0.0835. The van der Waals surface area contributed by atoms with Gasteiger partial charge in [-0.1, -0.05) is 47.7 Å². The third-order valence-electron chi connectivity index (χ3n) is 4.52. The lowest BCUT2D eigenvalue weighted by Gasteiger charge is -2.06. The molecule has 7 heteroatoms. The van der Waals surface area contributed by atoms with Gasteiger partial charge in [-0.05, 0) is 36.6 Å². The van der Waals surface area contributed by atoms with E-state index in [1.54, 1.807) is 0 Å². The lowest BCUT2D eigenvalue weighted by atomic mass is 10.1. The molecule has 0 radical (unpaired) electrons. The van der Waals surface area contributed by atoms with E-state index in [9.17, 15) is 18.0 Å². The van der Waals surface area contributed by atoms with E-state index in [4.69, 9.17) is 0 Å². The Kier molecular flexibility index (Phi) is 4.55. The normalized spacial score (nSPS) is 12.8. The quantitative estimate of drug-likeness (QED) is 0.429. The Morgan fingerprint density at radius 2 is 1.86 bits per heavy atom. The number of thiazole rings is 1. The highest BCUT2D eigenvalue weighted by molar-refractivity contribution is 7.17. The van der Waals surface area contributed by atoms with Crippen molar-refractivity contribution in [2.75, 3.05) is 0 Å². The molecule has 0 aliphatic carbocycles. The maximum atomic E-state index is 12.9. The van der Waals surface area contributed by atoms with Gasteiger partial charge < -0.3 is 4.57 Å². The van der Waals surface area contributed by atoms with E-state index in [-0.39, 0.29) is 5.56 Å². The fourth-order valence-electron chi connectivity index (χ4n) is 3.17. The van der Waals surface area contributed by atoms with Gasteiger partial charge in [-0.2, -0.15) is 18.2 Å². The molecule has 3 aromatic carbocycles. The smallest absolute Gasteiger partial charge is 0.317 e. The average molecular weight is 400 g/mol. The van der Waals surface area contributed by atoms with Gasteiger partial charge in [0.1, 0.15) is 0 Å². The number of benzene rings is 3. The number of amides is 1. The number of alkyl halides is 3. The number of hydrogen-bond acceptors (Lipinski definition) is 2. The topological polar surface area (TPSA) is 34.4 Å². The van der Waals surface area contributed by atoms with E-state index in [1.807, 2.05) is 47.9 Å². The predicted molar refractivity (Wildman–Crippen MR) is 104 cm³/mol. The number of halogens is 3. The van der Waals surface area contributed by atoms with Gasteiger partial charge in [-0.15, -0.1) is 0 Å². The number of hydrogen-bond donors (Lipinski definition) is 0. The fraction of sp³-hybridized carbons (Fsp3) is 0.143. The van der Waals surface area contributed by atoms with E-state index in [0.29, 0.717) is 11.3 Å². The molecule has 0 aliphatic heterocycles. The molecule has 0 saturated carbocycles. The third kappa shape index (κ3) is 3.22. The molecular weight excluding hydrogens is 385 g/mol.